The number of aromatic nitrogens is 1. The minimum Gasteiger partial charge on any atom is -0.477 e. The highest BCUT2D eigenvalue weighted by atomic mass is 19.1. The maximum atomic E-state index is 14.0. The van der Waals surface area contributed by atoms with Crippen molar-refractivity contribution in [2.75, 3.05) is 0 Å². The summed E-state index contributed by atoms with van der Waals surface area (Å²) in [6, 6.07) is 2.81. The molecule has 100 valence electrons. The Kier molecular flexibility index (Phi) is 4.05. The zero-order chi connectivity index (χ0) is 14.8. The van der Waals surface area contributed by atoms with Crippen LogP contribution >= 0.6 is 0 Å². The molecule has 0 spiro atoms. The molecule has 4 nitrogen and oxygen atoms in total. The molecular weight excluding hydrogens is 247 g/mol. The standard InChI is InChI=1S/C14H15FN2O2/c1-8(10(6-16)13(18)19)9-5-11(15)12(17-7-9)14(2,3)4/h5,7H,1-4H3,(H,18,19)/b10-8+. The van der Waals surface area contributed by atoms with Crippen LogP contribution in [0.25, 0.3) is 5.57 Å². The van der Waals surface area contributed by atoms with Gasteiger partial charge in [-0.05, 0) is 18.6 Å². The van der Waals surface area contributed by atoms with E-state index in [4.69, 9.17) is 10.4 Å². The predicted molar refractivity (Wildman–Crippen MR) is 68.7 cm³/mol. The van der Waals surface area contributed by atoms with E-state index < -0.39 is 22.8 Å². The van der Waals surface area contributed by atoms with E-state index >= 15 is 0 Å². The molecule has 0 bridgehead atoms. The van der Waals surface area contributed by atoms with E-state index in [9.17, 15) is 9.18 Å². The van der Waals surface area contributed by atoms with Crippen LogP contribution in [0.1, 0.15) is 39.0 Å². The Morgan fingerprint density at radius 1 is 1.47 bits per heavy atom. The number of carbonyl (C=O) groups is 1. The number of carboxylic acid groups (broad SMARTS) is 1. The van der Waals surface area contributed by atoms with E-state index in [0.717, 1.165) is 0 Å². The Morgan fingerprint density at radius 3 is 2.42 bits per heavy atom. The number of hydrogen-bond acceptors (Lipinski definition) is 3. The Bertz CT molecular complexity index is 592. The number of nitrogens with zero attached hydrogens (tertiary/aromatic N) is 2. The lowest BCUT2D eigenvalue weighted by atomic mass is 9.90. The second-order valence-corrected chi connectivity index (χ2v) is 5.22. The highest BCUT2D eigenvalue weighted by Crippen LogP contribution is 2.26. The van der Waals surface area contributed by atoms with Gasteiger partial charge in [-0.15, -0.1) is 0 Å². The quantitative estimate of drug-likeness (QED) is 0.657. The summed E-state index contributed by atoms with van der Waals surface area (Å²) in [6.07, 6.45) is 1.39. The third-order valence-electron chi connectivity index (χ3n) is 2.69. The fraction of sp³-hybridized carbons (Fsp3) is 0.357. The van der Waals surface area contributed by atoms with Gasteiger partial charge in [0.2, 0.25) is 0 Å². The lowest BCUT2D eigenvalue weighted by molar-refractivity contribution is -0.132. The average molecular weight is 262 g/mol. The number of halogens is 1. The first-order valence-electron chi connectivity index (χ1n) is 5.69. The van der Waals surface area contributed by atoms with Gasteiger partial charge in [0.05, 0.1) is 5.69 Å². The normalized spacial score (nSPS) is 12.6. The molecule has 1 N–H and O–H groups in total. The highest BCUT2D eigenvalue weighted by molar-refractivity contribution is 5.99. The summed E-state index contributed by atoms with van der Waals surface area (Å²) in [5.74, 6) is -1.84. The Hall–Kier alpha value is -2.22. The van der Waals surface area contributed by atoms with E-state index in [0.29, 0.717) is 11.3 Å². The molecule has 0 fully saturated rings. The minimum atomic E-state index is -1.33. The van der Waals surface area contributed by atoms with Crippen LogP contribution in [-0.4, -0.2) is 16.1 Å². The molecule has 0 amide bonds. The number of rotatable bonds is 2. The van der Waals surface area contributed by atoms with Gasteiger partial charge in [0.1, 0.15) is 17.5 Å². The Balaban J connectivity index is 3.38. The van der Waals surface area contributed by atoms with Gasteiger partial charge in [-0.1, -0.05) is 20.8 Å². The number of allylic oxidation sites excluding steroid dienone is 1. The summed E-state index contributed by atoms with van der Waals surface area (Å²) < 4.78 is 14.0. The van der Waals surface area contributed by atoms with Crippen LogP contribution in [0.15, 0.2) is 17.8 Å². The van der Waals surface area contributed by atoms with Crippen LogP contribution < -0.4 is 0 Å². The summed E-state index contributed by atoms with van der Waals surface area (Å²) in [7, 11) is 0. The van der Waals surface area contributed by atoms with Crippen molar-refractivity contribution in [3.8, 4) is 6.07 Å². The third-order valence-corrected chi connectivity index (χ3v) is 2.69. The average Bonchev–Trinajstić information content (AvgIpc) is 2.27. The second-order valence-electron chi connectivity index (χ2n) is 5.22. The van der Waals surface area contributed by atoms with Crippen molar-refractivity contribution in [1.29, 1.82) is 5.26 Å². The first-order valence-corrected chi connectivity index (χ1v) is 5.69. The van der Waals surface area contributed by atoms with Crippen LogP contribution in [0, 0.1) is 17.1 Å². The van der Waals surface area contributed by atoms with Crippen molar-refractivity contribution in [1.82, 2.24) is 4.98 Å². The molecule has 0 unspecified atom stereocenters. The van der Waals surface area contributed by atoms with Gasteiger partial charge in [0.25, 0.3) is 0 Å². The van der Waals surface area contributed by atoms with Gasteiger partial charge in [-0.25, -0.2) is 9.18 Å². The number of pyridine rings is 1. The van der Waals surface area contributed by atoms with Gasteiger partial charge in [0.15, 0.2) is 0 Å². The molecule has 0 aliphatic carbocycles. The predicted octanol–water partition coefficient (Wildman–Crippen LogP) is 2.90. The van der Waals surface area contributed by atoms with Gasteiger partial charge >= 0.3 is 5.97 Å². The van der Waals surface area contributed by atoms with Crippen molar-refractivity contribution in [3.05, 3.63) is 34.9 Å². The monoisotopic (exact) mass is 262 g/mol. The Labute approximate surface area is 111 Å². The maximum Gasteiger partial charge on any atom is 0.346 e. The summed E-state index contributed by atoms with van der Waals surface area (Å²) in [5, 5.41) is 17.6. The largest absolute Gasteiger partial charge is 0.477 e. The lowest BCUT2D eigenvalue weighted by Crippen LogP contribution is -2.16. The fourth-order valence-corrected chi connectivity index (χ4v) is 1.63. The molecule has 19 heavy (non-hydrogen) atoms. The molecule has 1 aromatic rings. The van der Waals surface area contributed by atoms with Crippen molar-refractivity contribution in [2.24, 2.45) is 0 Å². The van der Waals surface area contributed by atoms with Gasteiger partial charge < -0.3 is 5.11 Å². The first-order chi connectivity index (χ1) is 8.68. The van der Waals surface area contributed by atoms with Crippen LogP contribution in [-0.2, 0) is 10.2 Å². The lowest BCUT2D eigenvalue weighted by Gasteiger charge is -2.18. The van der Waals surface area contributed by atoms with Crippen LogP contribution in [0.5, 0.6) is 0 Å². The van der Waals surface area contributed by atoms with E-state index in [-0.39, 0.29) is 5.57 Å². The number of nitriles is 1. The van der Waals surface area contributed by atoms with Crippen LogP contribution in [0.3, 0.4) is 0 Å². The van der Waals surface area contributed by atoms with Crippen LogP contribution in [0.2, 0.25) is 0 Å². The summed E-state index contributed by atoms with van der Waals surface area (Å²) in [5.41, 5.74) is -0.0562. The molecule has 0 atom stereocenters. The third kappa shape index (κ3) is 3.16. The molecule has 0 aromatic carbocycles. The smallest absolute Gasteiger partial charge is 0.346 e. The number of aliphatic carboxylic acids is 1. The summed E-state index contributed by atoms with van der Waals surface area (Å²) >= 11 is 0. The molecule has 0 saturated heterocycles. The van der Waals surface area contributed by atoms with Crippen molar-refractivity contribution < 1.29 is 14.3 Å². The van der Waals surface area contributed by atoms with Crippen molar-refractivity contribution >= 4 is 11.5 Å². The highest BCUT2D eigenvalue weighted by Gasteiger charge is 2.21. The van der Waals surface area contributed by atoms with Gasteiger partial charge in [0, 0.05) is 17.2 Å². The SMILES string of the molecule is C/C(=C(/C#N)C(=O)O)c1cnc(C(C)(C)C)c(F)c1. The zero-order valence-electron chi connectivity index (χ0n) is 11.3. The van der Waals surface area contributed by atoms with E-state index in [1.807, 2.05) is 20.8 Å². The molecule has 5 heteroatoms. The molecule has 0 aliphatic heterocycles. The van der Waals surface area contributed by atoms with Crippen LogP contribution in [0.4, 0.5) is 4.39 Å². The topological polar surface area (TPSA) is 74.0 Å². The van der Waals surface area contributed by atoms with E-state index in [1.165, 1.54) is 19.2 Å². The molecule has 0 radical (unpaired) electrons. The summed E-state index contributed by atoms with van der Waals surface area (Å²) in [4.78, 5) is 14.9. The summed E-state index contributed by atoms with van der Waals surface area (Å²) in [6.45, 7) is 6.95. The maximum absolute atomic E-state index is 14.0. The second kappa shape index (κ2) is 5.19. The van der Waals surface area contributed by atoms with E-state index in [2.05, 4.69) is 4.98 Å². The van der Waals surface area contributed by atoms with E-state index in [1.54, 1.807) is 6.07 Å². The Morgan fingerprint density at radius 2 is 2.05 bits per heavy atom. The molecule has 0 aliphatic rings. The first kappa shape index (κ1) is 14.8. The zero-order valence-corrected chi connectivity index (χ0v) is 11.3. The molecule has 1 aromatic heterocycles. The number of hydrogen-bond donors (Lipinski definition) is 1. The number of carboxylic acids is 1. The van der Waals surface area contributed by atoms with Gasteiger partial charge in [-0.3, -0.25) is 4.98 Å². The molecule has 1 heterocycles. The molecule has 1 rings (SSSR count). The minimum absolute atomic E-state index is 0.196. The van der Waals surface area contributed by atoms with Crippen molar-refractivity contribution in [2.45, 2.75) is 33.1 Å². The molecule has 0 saturated carbocycles. The van der Waals surface area contributed by atoms with Gasteiger partial charge in [-0.2, -0.15) is 5.26 Å². The van der Waals surface area contributed by atoms with Crippen molar-refractivity contribution in [3.63, 3.8) is 0 Å². The molecular formula is C14H15FN2O2. The fourth-order valence-electron chi connectivity index (χ4n) is 1.63.